The number of hydrogen-bond acceptors (Lipinski definition) is 4. The summed E-state index contributed by atoms with van der Waals surface area (Å²) in [7, 11) is 1.50. The monoisotopic (exact) mass is 442 g/mol. The molecule has 1 aromatic carbocycles. The fraction of sp³-hybridized carbons (Fsp3) is 0.462. The van der Waals surface area contributed by atoms with E-state index >= 15 is 0 Å². The number of benzene rings is 1. The molecular formula is C13H23IN4O3S. The highest BCUT2D eigenvalue weighted by Crippen LogP contribution is 2.10. The minimum absolute atomic E-state index is 0. The molecule has 9 heteroatoms. The first kappa shape index (κ1) is 21.1. The maximum atomic E-state index is 12.0. The summed E-state index contributed by atoms with van der Waals surface area (Å²) < 4.78 is 31.2. The van der Waals surface area contributed by atoms with E-state index in [-0.39, 0.29) is 35.4 Å². The van der Waals surface area contributed by atoms with Crippen LogP contribution in [0.5, 0.6) is 0 Å². The number of methoxy groups -OCH3 is 1. The van der Waals surface area contributed by atoms with Gasteiger partial charge in [0.15, 0.2) is 5.96 Å². The van der Waals surface area contributed by atoms with E-state index in [1.165, 1.54) is 7.11 Å². The largest absolute Gasteiger partial charge is 0.383 e. The predicted molar refractivity (Wildman–Crippen MR) is 98.2 cm³/mol. The zero-order valence-electron chi connectivity index (χ0n) is 12.9. The quantitative estimate of drug-likeness (QED) is 0.248. The van der Waals surface area contributed by atoms with E-state index in [4.69, 9.17) is 4.74 Å². The average Bonchev–Trinajstić information content (AvgIpc) is 2.49. The lowest BCUT2D eigenvalue weighted by atomic mass is 10.2. The fourth-order valence-electron chi connectivity index (χ4n) is 1.61. The van der Waals surface area contributed by atoms with Crippen LogP contribution >= 0.6 is 24.0 Å². The second-order valence-electron chi connectivity index (χ2n) is 4.21. The lowest BCUT2D eigenvalue weighted by Crippen LogP contribution is -2.34. The SMILES string of the molecule is CN=C(NC)NCc1ccc(S(=O)(=O)NCCOC)cc1.I. The van der Waals surface area contributed by atoms with Gasteiger partial charge in [0, 0.05) is 34.3 Å². The van der Waals surface area contributed by atoms with Crippen LogP contribution in [0.25, 0.3) is 0 Å². The summed E-state index contributed by atoms with van der Waals surface area (Å²) in [5.74, 6) is 0.674. The van der Waals surface area contributed by atoms with Crippen molar-refractivity contribution in [2.24, 2.45) is 4.99 Å². The van der Waals surface area contributed by atoms with Crippen LogP contribution in [0.2, 0.25) is 0 Å². The Balaban J connectivity index is 0.00000441. The summed E-state index contributed by atoms with van der Waals surface area (Å²) in [5, 5.41) is 6.00. The maximum absolute atomic E-state index is 12.0. The molecule has 0 amide bonds. The molecule has 0 saturated heterocycles. The lowest BCUT2D eigenvalue weighted by Gasteiger charge is -2.10. The summed E-state index contributed by atoms with van der Waals surface area (Å²) in [6.45, 7) is 1.15. The van der Waals surface area contributed by atoms with Gasteiger partial charge in [-0.05, 0) is 17.7 Å². The summed E-state index contributed by atoms with van der Waals surface area (Å²) >= 11 is 0. The Morgan fingerprint density at radius 3 is 2.41 bits per heavy atom. The molecule has 7 nitrogen and oxygen atoms in total. The van der Waals surface area contributed by atoms with E-state index in [0.717, 1.165) is 5.56 Å². The highest BCUT2D eigenvalue weighted by atomic mass is 127. The molecule has 0 aliphatic carbocycles. The van der Waals surface area contributed by atoms with E-state index < -0.39 is 10.0 Å². The van der Waals surface area contributed by atoms with Gasteiger partial charge in [0.25, 0.3) is 0 Å². The number of guanidine groups is 1. The van der Waals surface area contributed by atoms with Crippen molar-refractivity contribution >= 4 is 40.0 Å². The Labute approximate surface area is 149 Å². The third kappa shape index (κ3) is 6.90. The van der Waals surface area contributed by atoms with Crippen molar-refractivity contribution in [3.05, 3.63) is 29.8 Å². The molecule has 3 N–H and O–H groups in total. The summed E-state index contributed by atoms with van der Waals surface area (Å²) in [5.41, 5.74) is 0.960. The standard InChI is InChI=1S/C13H22N4O3S.HI/c1-14-13(15-2)16-10-11-4-6-12(7-5-11)21(18,19)17-8-9-20-3;/h4-7,17H,8-10H2,1-3H3,(H2,14,15,16);1H. The number of rotatable bonds is 7. The van der Waals surface area contributed by atoms with Gasteiger partial charge in [-0.3, -0.25) is 4.99 Å². The van der Waals surface area contributed by atoms with Gasteiger partial charge in [-0.15, -0.1) is 24.0 Å². The molecule has 1 rings (SSSR count). The third-order valence-electron chi connectivity index (χ3n) is 2.75. The first-order chi connectivity index (χ1) is 10.0. The summed E-state index contributed by atoms with van der Waals surface area (Å²) in [4.78, 5) is 4.23. The molecule has 1 aromatic rings. The molecule has 0 radical (unpaired) electrons. The van der Waals surface area contributed by atoms with Gasteiger partial charge < -0.3 is 15.4 Å². The van der Waals surface area contributed by atoms with Crippen molar-refractivity contribution in [2.75, 3.05) is 34.4 Å². The highest BCUT2D eigenvalue weighted by Gasteiger charge is 2.12. The smallest absolute Gasteiger partial charge is 0.240 e. The van der Waals surface area contributed by atoms with Crippen LogP contribution in [0.4, 0.5) is 0 Å². The van der Waals surface area contributed by atoms with Crippen molar-refractivity contribution in [3.63, 3.8) is 0 Å². The third-order valence-corrected chi connectivity index (χ3v) is 4.23. The second-order valence-corrected chi connectivity index (χ2v) is 5.98. The number of hydrogen-bond donors (Lipinski definition) is 3. The topological polar surface area (TPSA) is 91.8 Å². The molecule has 0 aliphatic rings. The molecule has 126 valence electrons. The number of aliphatic imine (C=N–C) groups is 1. The van der Waals surface area contributed by atoms with Crippen LogP contribution in [0, 0.1) is 0 Å². The molecule has 0 bridgehead atoms. The Kier molecular flexibility index (Phi) is 10.3. The van der Waals surface area contributed by atoms with Crippen molar-refractivity contribution in [1.82, 2.24) is 15.4 Å². The number of sulfonamides is 1. The van der Waals surface area contributed by atoms with Gasteiger partial charge >= 0.3 is 0 Å². The van der Waals surface area contributed by atoms with E-state index in [1.54, 1.807) is 38.4 Å². The minimum atomic E-state index is -3.48. The highest BCUT2D eigenvalue weighted by molar-refractivity contribution is 14.0. The zero-order valence-corrected chi connectivity index (χ0v) is 16.1. The maximum Gasteiger partial charge on any atom is 0.240 e. The van der Waals surface area contributed by atoms with Crippen LogP contribution < -0.4 is 15.4 Å². The number of halogens is 1. The van der Waals surface area contributed by atoms with Gasteiger partial charge in [-0.1, -0.05) is 12.1 Å². The first-order valence-electron chi connectivity index (χ1n) is 6.49. The Hall–Kier alpha value is -0.910. The Bertz CT molecular complexity index is 561. The van der Waals surface area contributed by atoms with E-state index in [9.17, 15) is 8.42 Å². The average molecular weight is 442 g/mol. The fourth-order valence-corrected chi connectivity index (χ4v) is 2.63. The molecule has 0 aliphatic heterocycles. The van der Waals surface area contributed by atoms with Crippen LogP contribution in [0.15, 0.2) is 34.2 Å². The Morgan fingerprint density at radius 2 is 1.91 bits per heavy atom. The normalized spacial score (nSPS) is 11.7. The number of nitrogens with zero attached hydrogens (tertiary/aromatic N) is 1. The van der Waals surface area contributed by atoms with Crippen molar-refractivity contribution in [3.8, 4) is 0 Å². The second kappa shape index (κ2) is 10.8. The summed E-state index contributed by atoms with van der Waals surface area (Å²) in [6.07, 6.45) is 0. The lowest BCUT2D eigenvalue weighted by molar-refractivity contribution is 0.204. The van der Waals surface area contributed by atoms with E-state index in [2.05, 4.69) is 20.3 Å². The molecular weight excluding hydrogens is 419 g/mol. The van der Waals surface area contributed by atoms with Crippen molar-refractivity contribution in [1.29, 1.82) is 0 Å². The van der Waals surface area contributed by atoms with Gasteiger partial charge in [0.05, 0.1) is 11.5 Å². The van der Waals surface area contributed by atoms with Gasteiger partial charge in [0.2, 0.25) is 10.0 Å². The van der Waals surface area contributed by atoms with E-state index in [0.29, 0.717) is 19.1 Å². The van der Waals surface area contributed by atoms with Crippen LogP contribution in [-0.2, 0) is 21.3 Å². The van der Waals surface area contributed by atoms with Gasteiger partial charge in [-0.25, -0.2) is 13.1 Å². The molecule has 0 heterocycles. The van der Waals surface area contributed by atoms with Gasteiger partial charge in [0.1, 0.15) is 0 Å². The molecule has 22 heavy (non-hydrogen) atoms. The van der Waals surface area contributed by atoms with Gasteiger partial charge in [-0.2, -0.15) is 0 Å². The molecule has 0 spiro atoms. The Morgan fingerprint density at radius 1 is 1.27 bits per heavy atom. The van der Waals surface area contributed by atoms with Crippen LogP contribution in [0.1, 0.15) is 5.56 Å². The number of ether oxygens (including phenoxy) is 1. The van der Waals surface area contributed by atoms with Crippen LogP contribution in [-0.4, -0.2) is 48.7 Å². The first-order valence-corrected chi connectivity index (χ1v) is 7.97. The van der Waals surface area contributed by atoms with E-state index in [1.807, 2.05) is 0 Å². The van der Waals surface area contributed by atoms with Crippen molar-refractivity contribution in [2.45, 2.75) is 11.4 Å². The molecule has 0 atom stereocenters. The minimum Gasteiger partial charge on any atom is -0.383 e. The molecule has 0 fully saturated rings. The molecule has 0 saturated carbocycles. The molecule has 0 unspecified atom stereocenters. The number of nitrogens with one attached hydrogen (secondary N) is 3. The predicted octanol–water partition coefficient (Wildman–Crippen LogP) is 0.524. The molecule has 0 aromatic heterocycles. The van der Waals surface area contributed by atoms with Crippen molar-refractivity contribution < 1.29 is 13.2 Å². The summed E-state index contributed by atoms with van der Waals surface area (Å²) in [6, 6.07) is 6.68. The van der Waals surface area contributed by atoms with Crippen LogP contribution in [0.3, 0.4) is 0 Å². The zero-order chi connectivity index (χ0) is 15.7.